The van der Waals surface area contributed by atoms with E-state index in [9.17, 15) is 18.4 Å². The first-order valence-electron chi connectivity index (χ1n) is 8.43. The third-order valence-electron chi connectivity index (χ3n) is 3.95. The van der Waals surface area contributed by atoms with E-state index in [1.54, 1.807) is 0 Å². The zero-order valence-electron chi connectivity index (χ0n) is 14.9. The van der Waals surface area contributed by atoms with Gasteiger partial charge < -0.3 is 14.3 Å². The van der Waals surface area contributed by atoms with Crippen molar-refractivity contribution in [1.82, 2.24) is 9.97 Å². The number of ether oxygens (including phenoxy) is 1. The van der Waals surface area contributed by atoms with Crippen LogP contribution < -0.4 is 10.1 Å². The molecule has 0 spiro atoms. The molecule has 2 N–H and O–H groups in total. The molecule has 0 saturated heterocycles. The summed E-state index contributed by atoms with van der Waals surface area (Å²) in [6.45, 7) is 0. The highest BCUT2D eigenvalue weighted by Crippen LogP contribution is 2.24. The average molecular weight is 411 g/mol. The molecule has 0 radical (unpaired) electrons. The summed E-state index contributed by atoms with van der Waals surface area (Å²) in [5.74, 6) is -3.65. The molecule has 0 bridgehead atoms. The fraction of sp³-hybridized carbons (Fsp3) is 0. The molecule has 0 saturated carbocycles. The van der Waals surface area contributed by atoms with E-state index in [4.69, 9.17) is 14.3 Å². The van der Waals surface area contributed by atoms with E-state index in [0.717, 1.165) is 12.1 Å². The fourth-order valence-electron chi connectivity index (χ4n) is 2.55. The SMILES string of the molecule is O=C(O)c1ccc2oc(NC(=O)c3cc(Oc4ccc(F)c(F)c4)ccn3)nc2c1. The van der Waals surface area contributed by atoms with Gasteiger partial charge in [0.25, 0.3) is 5.91 Å². The lowest BCUT2D eigenvalue weighted by molar-refractivity contribution is 0.0696. The normalized spacial score (nSPS) is 10.7. The number of amides is 1. The standard InChI is InChI=1S/C20H11F2N3O5/c21-13-3-2-11(8-14(13)22)29-12-5-6-23-16(9-12)18(26)25-20-24-15-7-10(19(27)28)1-4-17(15)30-20/h1-9H,(H,27,28)(H,24,25,26). The van der Waals surface area contributed by atoms with Crippen molar-refractivity contribution in [3.8, 4) is 11.5 Å². The number of anilines is 1. The fourth-order valence-corrected chi connectivity index (χ4v) is 2.55. The molecular weight excluding hydrogens is 400 g/mol. The number of hydrogen-bond donors (Lipinski definition) is 2. The number of carboxylic acids is 1. The summed E-state index contributed by atoms with van der Waals surface area (Å²) in [5.41, 5.74) is 0.522. The van der Waals surface area contributed by atoms with E-state index in [1.165, 1.54) is 42.6 Å². The van der Waals surface area contributed by atoms with Crippen molar-refractivity contribution in [2.75, 3.05) is 5.32 Å². The van der Waals surface area contributed by atoms with Gasteiger partial charge in [-0.05, 0) is 36.4 Å². The van der Waals surface area contributed by atoms with Gasteiger partial charge in [-0.1, -0.05) is 0 Å². The molecule has 30 heavy (non-hydrogen) atoms. The molecule has 2 aromatic carbocycles. The minimum atomic E-state index is -1.12. The number of aromatic carboxylic acids is 1. The van der Waals surface area contributed by atoms with E-state index in [1.807, 2.05) is 0 Å². The lowest BCUT2D eigenvalue weighted by atomic mass is 10.2. The second kappa shape index (κ2) is 7.59. The molecule has 2 aromatic heterocycles. The predicted molar refractivity (Wildman–Crippen MR) is 99.6 cm³/mol. The first-order valence-corrected chi connectivity index (χ1v) is 8.43. The highest BCUT2D eigenvalue weighted by Gasteiger charge is 2.15. The van der Waals surface area contributed by atoms with Gasteiger partial charge in [0.05, 0.1) is 5.56 Å². The summed E-state index contributed by atoms with van der Waals surface area (Å²) in [4.78, 5) is 31.4. The van der Waals surface area contributed by atoms with Crippen LogP contribution in [0.2, 0.25) is 0 Å². The molecule has 1 amide bonds. The molecule has 0 aliphatic carbocycles. The number of carbonyl (C=O) groups excluding carboxylic acids is 1. The van der Waals surface area contributed by atoms with Gasteiger partial charge in [0.2, 0.25) is 0 Å². The van der Waals surface area contributed by atoms with Crippen LogP contribution in [0.5, 0.6) is 11.5 Å². The number of oxazole rings is 1. The highest BCUT2D eigenvalue weighted by atomic mass is 19.2. The van der Waals surface area contributed by atoms with E-state index < -0.39 is 23.5 Å². The summed E-state index contributed by atoms with van der Waals surface area (Å²) < 4.78 is 37.1. The summed E-state index contributed by atoms with van der Waals surface area (Å²) in [7, 11) is 0. The number of carbonyl (C=O) groups is 2. The van der Waals surface area contributed by atoms with Crippen molar-refractivity contribution in [3.63, 3.8) is 0 Å². The summed E-state index contributed by atoms with van der Waals surface area (Å²) in [6, 6.07) is 9.70. The van der Waals surface area contributed by atoms with Gasteiger partial charge in [-0.2, -0.15) is 4.98 Å². The largest absolute Gasteiger partial charge is 0.478 e. The Kier molecular flexibility index (Phi) is 4.80. The van der Waals surface area contributed by atoms with Gasteiger partial charge in [0.1, 0.15) is 22.7 Å². The maximum absolute atomic E-state index is 13.3. The van der Waals surface area contributed by atoms with Crippen LogP contribution in [-0.2, 0) is 0 Å². The first kappa shape index (κ1) is 19.0. The zero-order valence-corrected chi connectivity index (χ0v) is 14.9. The van der Waals surface area contributed by atoms with Crippen LogP contribution in [0, 0.1) is 11.6 Å². The van der Waals surface area contributed by atoms with Gasteiger partial charge >= 0.3 is 12.0 Å². The number of pyridine rings is 1. The molecule has 4 rings (SSSR count). The maximum Gasteiger partial charge on any atom is 0.335 e. The molecule has 2 heterocycles. The first-order chi connectivity index (χ1) is 14.4. The van der Waals surface area contributed by atoms with Gasteiger partial charge in [0, 0.05) is 18.3 Å². The smallest absolute Gasteiger partial charge is 0.335 e. The highest BCUT2D eigenvalue weighted by molar-refractivity contribution is 6.02. The predicted octanol–water partition coefficient (Wildman–Crippen LogP) is 4.24. The third kappa shape index (κ3) is 3.92. The van der Waals surface area contributed by atoms with Crippen molar-refractivity contribution < 1.29 is 32.6 Å². The number of carboxylic acid groups (broad SMARTS) is 1. The van der Waals surface area contributed by atoms with Crippen molar-refractivity contribution in [3.05, 3.63) is 77.6 Å². The van der Waals surface area contributed by atoms with Crippen molar-refractivity contribution in [2.45, 2.75) is 0 Å². The molecule has 8 nitrogen and oxygen atoms in total. The molecule has 150 valence electrons. The molecule has 0 fully saturated rings. The van der Waals surface area contributed by atoms with Crippen molar-refractivity contribution in [1.29, 1.82) is 0 Å². The van der Waals surface area contributed by atoms with E-state index in [-0.39, 0.29) is 34.3 Å². The van der Waals surface area contributed by atoms with E-state index >= 15 is 0 Å². The van der Waals surface area contributed by atoms with E-state index in [0.29, 0.717) is 5.58 Å². The van der Waals surface area contributed by atoms with Crippen LogP contribution in [0.4, 0.5) is 14.8 Å². The number of aromatic nitrogens is 2. The Morgan fingerprint density at radius 1 is 1.00 bits per heavy atom. The second-order valence-corrected chi connectivity index (χ2v) is 6.02. The van der Waals surface area contributed by atoms with Gasteiger partial charge in [-0.25, -0.2) is 13.6 Å². The number of rotatable bonds is 5. The lowest BCUT2D eigenvalue weighted by Gasteiger charge is -2.07. The number of nitrogens with zero attached hydrogens (tertiary/aromatic N) is 2. The lowest BCUT2D eigenvalue weighted by Crippen LogP contribution is -2.13. The van der Waals surface area contributed by atoms with Gasteiger partial charge in [-0.3, -0.25) is 15.1 Å². The minimum Gasteiger partial charge on any atom is -0.478 e. The van der Waals surface area contributed by atoms with Crippen LogP contribution in [-0.4, -0.2) is 27.0 Å². The Balaban J connectivity index is 1.52. The summed E-state index contributed by atoms with van der Waals surface area (Å²) in [5, 5.41) is 11.4. The van der Waals surface area contributed by atoms with Crippen LogP contribution >= 0.6 is 0 Å². The molecule has 4 aromatic rings. The molecule has 0 unspecified atom stereocenters. The molecule has 0 aliphatic rings. The van der Waals surface area contributed by atoms with Crippen LogP contribution in [0.15, 0.2) is 59.1 Å². The third-order valence-corrected chi connectivity index (χ3v) is 3.95. The number of benzene rings is 2. The van der Waals surface area contributed by atoms with Gasteiger partial charge in [-0.15, -0.1) is 0 Å². The van der Waals surface area contributed by atoms with Crippen molar-refractivity contribution >= 4 is 29.0 Å². The molecular formula is C20H11F2N3O5. The Hall–Kier alpha value is -4.34. The molecule has 0 aliphatic heterocycles. The van der Waals surface area contributed by atoms with Crippen LogP contribution in [0.25, 0.3) is 11.1 Å². The number of nitrogens with one attached hydrogen (secondary N) is 1. The molecule has 0 atom stereocenters. The Morgan fingerprint density at radius 2 is 1.80 bits per heavy atom. The Labute approximate surface area is 166 Å². The van der Waals surface area contributed by atoms with Crippen LogP contribution in [0.1, 0.15) is 20.8 Å². The monoisotopic (exact) mass is 411 g/mol. The Bertz CT molecular complexity index is 1290. The topological polar surface area (TPSA) is 115 Å². The Morgan fingerprint density at radius 3 is 2.57 bits per heavy atom. The average Bonchev–Trinajstić information content (AvgIpc) is 3.12. The summed E-state index contributed by atoms with van der Waals surface area (Å²) >= 11 is 0. The quantitative estimate of drug-likeness (QED) is 0.505. The minimum absolute atomic E-state index is 0.0254. The second-order valence-electron chi connectivity index (χ2n) is 6.02. The zero-order chi connectivity index (χ0) is 21.3. The number of halogens is 2. The van der Waals surface area contributed by atoms with E-state index in [2.05, 4.69) is 15.3 Å². The number of hydrogen-bond acceptors (Lipinski definition) is 6. The number of fused-ring (bicyclic) bond motifs is 1. The van der Waals surface area contributed by atoms with Crippen LogP contribution in [0.3, 0.4) is 0 Å². The van der Waals surface area contributed by atoms with Gasteiger partial charge in [0.15, 0.2) is 17.2 Å². The summed E-state index contributed by atoms with van der Waals surface area (Å²) in [6.07, 6.45) is 1.30. The van der Waals surface area contributed by atoms with Crippen molar-refractivity contribution in [2.24, 2.45) is 0 Å². The maximum atomic E-state index is 13.3. The molecule has 10 heteroatoms.